The minimum Gasteiger partial charge on any atom is -0.361 e. The molecule has 2 heterocycles. The molecule has 0 aliphatic rings. The third kappa shape index (κ3) is 4.02. The zero-order valence-corrected chi connectivity index (χ0v) is 15.6. The highest BCUT2D eigenvalue weighted by molar-refractivity contribution is 7.17. The number of carbonyl (C=O) groups excluding carboxylic acids is 1. The lowest BCUT2D eigenvalue weighted by molar-refractivity contribution is -0.137. The third-order valence-electron chi connectivity index (χ3n) is 4.07. The number of hydrogen-bond donors (Lipinski definition) is 1. The fourth-order valence-corrected chi connectivity index (χ4v) is 3.52. The van der Waals surface area contributed by atoms with E-state index in [4.69, 9.17) is 4.52 Å². The minimum absolute atomic E-state index is 0.271. The Morgan fingerprint density at radius 1 is 1.15 bits per heavy atom. The minimum atomic E-state index is -4.39. The third-order valence-corrected chi connectivity index (χ3v) is 5.27. The van der Waals surface area contributed by atoms with Crippen molar-refractivity contribution in [2.75, 3.05) is 0 Å². The number of carbonyl (C=O) groups is 1. The summed E-state index contributed by atoms with van der Waals surface area (Å²) >= 11 is 1.14. The molecule has 3 aromatic rings. The second-order valence-corrected chi connectivity index (χ2v) is 6.99. The summed E-state index contributed by atoms with van der Waals surface area (Å²) in [6.07, 6.45) is -4.39. The first kappa shape index (κ1) is 19.1. The molecule has 3 rings (SSSR count). The Kier molecular flexibility index (Phi) is 5.05. The van der Waals surface area contributed by atoms with Gasteiger partial charge in [-0.3, -0.25) is 4.79 Å². The summed E-state index contributed by atoms with van der Waals surface area (Å²) in [6, 6.07) is 4.71. The Morgan fingerprint density at radius 3 is 2.37 bits per heavy atom. The molecule has 0 unspecified atom stereocenters. The molecule has 0 saturated carbocycles. The number of aromatic nitrogens is 2. The van der Waals surface area contributed by atoms with Crippen molar-refractivity contribution in [2.45, 2.75) is 33.5 Å². The van der Waals surface area contributed by atoms with E-state index in [2.05, 4.69) is 15.5 Å². The van der Waals surface area contributed by atoms with Gasteiger partial charge in [0.05, 0.1) is 17.0 Å². The van der Waals surface area contributed by atoms with Crippen LogP contribution in [0.5, 0.6) is 0 Å². The van der Waals surface area contributed by atoms with Gasteiger partial charge in [0.15, 0.2) is 0 Å². The summed E-state index contributed by atoms with van der Waals surface area (Å²) in [5.41, 5.74) is 1.84. The molecular weight excluding hydrogens is 379 g/mol. The average Bonchev–Trinajstić information content (AvgIpc) is 3.15. The lowest BCUT2D eigenvalue weighted by Gasteiger charge is -2.06. The topological polar surface area (TPSA) is 68.0 Å². The quantitative estimate of drug-likeness (QED) is 0.697. The highest BCUT2D eigenvalue weighted by Gasteiger charge is 2.30. The Balaban J connectivity index is 1.77. The van der Waals surface area contributed by atoms with Crippen molar-refractivity contribution in [2.24, 2.45) is 0 Å². The molecule has 0 atom stereocenters. The van der Waals surface area contributed by atoms with Crippen LogP contribution in [0.1, 0.15) is 37.9 Å². The second kappa shape index (κ2) is 7.15. The van der Waals surface area contributed by atoms with Gasteiger partial charge in [-0.05, 0) is 32.9 Å². The van der Waals surface area contributed by atoms with Gasteiger partial charge < -0.3 is 9.84 Å². The second-order valence-electron chi connectivity index (χ2n) is 5.99. The van der Waals surface area contributed by atoms with Gasteiger partial charge in [0.25, 0.3) is 5.91 Å². The predicted octanol–water partition coefficient (Wildman–Crippen LogP) is 4.67. The monoisotopic (exact) mass is 395 g/mol. The van der Waals surface area contributed by atoms with Crippen LogP contribution in [0.15, 0.2) is 28.8 Å². The van der Waals surface area contributed by atoms with Gasteiger partial charge in [0, 0.05) is 17.7 Å². The van der Waals surface area contributed by atoms with Crippen molar-refractivity contribution in [3.8, 4) is 10.6 Å². The van der Waals surface area contributed by atoms with E-state index in [-0.39, 0.29) is 12.5 Å². The molecule has 5 nitrogen and oxygen atoms in total. The van der Waals surface area contributed by atoms with Crippen LogP contribution >= 0.6 is 11.3 Å². The number of benzene rings is 1. The summed E-state index contributed by atoms with van der Waals surface area (Å²) in [6.45, 7) is 5.52. The molecule has 0 radical (unpaired) electrons. The average molecular weight is 395 g/mol. The molecule has 9 heteroatoms. The number of hydrogen-bond acceptors (Lipinski definition) is 5. The summed E-state index contributed by atoms with van der Waals surface area (Å²) in [5, 5.41) is 7.13. The zero-order chi connectivity index (χ0) is 19.8. The van der Waals surface area contributed by atoms with Crippen LogP contribution in [-0.2, 0) is 12.7 Å². The fourth-order valence-electron chi connectivity index (χ4n) is 2.54. The molecule has 0 bridgehead atoms. The van der Waals surface area contributed by atoms with E-state index in [9.17, 15) is 18.0 Å². The highest BCUT2D eigenvalue weighted by atomic mass is 32.1. The fraction of sp³-hybridized carbons (Fsp3) is 0.278. The molecule has 1 amide bonds. The van der Waals surface area contributed by atoms with Crippen LogP contribution in [0.3, 0.4) is 0 Å². The zero-order valence-electron chi connectivity index (χ0n) is 14.8. The SMILES string of the molecule is Cc1nc(-c2ccc(C(F)(F)F)cc2)sc1C(=O)NCc1c(C)noc1C. The predicted molar refractivity (Wildman–Crippen MR) is 94.4 cm³/mol. The van der Waals surface area contributed by atoms with Crippen molar-refractivity contribution in [1.29, 1.82) is 0 Å². The van der Waals surface area contributed by atoms with E-state index in [0.717, 1.165) is 29.0 Å². The molecule has 0 fully saturated rings. The number of alkyl halides is 3. The summed E-state index contributed by atoms with van der Waals surface area (Å²) < 4.78 is 43.1. The van der Waals surface area contributed by atoms with Crippen LogP contribution in [0.25, 0.3) is 10.6 Å². The lowest BCUT2D eigenvalue weighted by Crippen LogP contribution is -2.23. The van der Waals surface area contributed by atoms with Crippen molar-refractivity contribution in [1.82, 2.24) is 15.5 Å². The molecular formula is C18H16F3N3O2S. The molecule has 1 N–H and O–H groups in total. The molecule has 27 heavy (non-hydrogen) atoms. The van der Waals surface area contributed by atoms with Crippen LogP contribution < -0.4 is 5.32 Å². The molecule has 0 saturated heterocycles. The van der Waals surface area contributed by atoms with Crippen molar-refractivity contribution >= 4 is 17.2 Å². The molecule has 142 valence electrons. The standard InChI is InChI=1S/C18H16F3N3O2S/c1-9-14(11(3)26-24-9)8-22-16(25)15-10(2)23-17(27-15)12-4-6-13(7-5-12)18(19,20)21/h4-7H,8H2,1-3H3,(H,22,25). The summed E-state index contributed by atoms with van der Waals surface area (Å²) in [4.78, 5) is 17.2. The number of aryl methyl sites for hydroxylation is 3. The maximum absolute atomic E-state index is 12.7. The maximum atomic E-state index is 12.7. The first-order chi connectivity index (χ1) is 12.7. The van der Waals surface area contributed by atoms with Gasteiger partial charge in [-0.2, -0.15) is 13.2 Å². The smallest absolute Gasteiger partial charge is 0.361 e. The van der Waals surface area contributed by atoms with Crippen molar-refractivity contribution < 1.29 is 22.5 Å². The van der Waals surface area contributed by atoms with Gasteiger partial charge in [-0.15, -0.1) is 11.3 Å². The highest BCUT2D eigenvalue weighted by Crippen LogP contribution is 2.33. The number of nitrogens with one attached hydrogen (secondary N) is 1. The number of thiazole rings is 1. The normalized spacial score (nSPS) is 11.6. The molecule has 2 aromatic heterocycles. The van der Waals surface area contributed by atoms with Gasteiger partial charge in [0.2, 0.25) is 0 Å². The van der Waals surface area contributed by atoms with Crippen LogP contribution in [0, 0.1) is 20.8 Å². The van der Waals surface area contributed by atoms with E-state index >= 15 is 0 Å². The van der Waals surface area contributed by atoms with E-state index in [1.165, 1.54) is 12.1 Å². The largest absolute Gasteiger partial charge is 0.416 e. The number of rotatable bonds is 4. The Morgan fingerprint density at radius 2 is 1.81 bits per heavy atom. The molecule has 0 aliphatic carbocycles. The maximum Gasteiger partial charge on any atom is 0.416 e. The van der Waals surface area contributed by atoms with E-state index in [1.807, 2.05) is 0 Å². The lowest BCUT2D eigenvalue weighted by atomic mass is 10.1. The number of amides is 1. The van der Waals surface area contributed by atoms with E-state index < -0.39 is 11.7 Å². The molecule has 0 spiro atoms. The van der Waals surface area contributed by atoms with Crippen LogP contribution in [0.4, 0.5) is 13.2 Å². The number of halogens is 3. The van der Waals surface area contributed by atoms with Crippen molar-refractivity contribution in [3.05, 3.63) is 57.4 Å². The van der Waals surface area contributed by atoms with E-state index in [0.29, 0.717) is 32.6 Å². The molecule has 1 aromatic carbocycles. The van der Waals surface area contributed by atoms with Gasteiger partial charge >= 0.3 is 6.18 Å². The summed E-state index contributed by atoms with van der Waals surface area (Å²) in [7, 11) is 0. The van der Waals surface area contributed by atoms with E-state index in [1.54, 1.807) is 20.8 Å². The Bertz CT molecular complexity index is 955. The first-order valence-electron chi connectivity index (χ1n) is 8.02. The van der Waals surface area contributed by atoms with Crippen molar-refractivity contribution in [3.63, 3.8) is 0 Å². The number of nitrogens with zero attached hydrogens (tertiary/aromatic N) is 2. The Labute approximate surface area is 157 Å². The van der Waals surface area contributed by atoms with Gasteiger partial charge in [0.1, 0.15) is 15.6 Å². The van der Waals surface area contributed by atoms with Crippen LogP contribution in [0.2, 0.25) is 0 Å². The van der Waals surface area contributed by atoms with Gasteiger partial charge in [-0.1, -0.05) is 17.3 Å². The Hall–Kier alpha value is -2.68. The van der Waals surface area contributed by atoms with Crippen LogP contribution in [-0.4, -0.2) is 16.0 Å². The first-order valence-corrected chi connectivity index (χ1v) is 8.83. The molecule has 0 aliphatic heterocycles. The van der Waals surface area contributed by atoms with Gasteiger partial charge in [-0.25, -0.2) is 4.98 Å². The summed E-state index contributed by atoms with van der Waals surface area (Å²) in [5.74, 6) is 0.336.